The number of piperazine rings is 1. The Bertz CT molecular complexity index is 1230. The molecule has 0 spiro atoms. The third-order valence-corrected chi connectivity index (χ3v) is 7.11. The van der Waals surface area contributed by atoms with Crippen LogP contribution in [0.1, 0.15) is 5.56 Å². The molecule has 33 heavy (non-hydrogen) atoms. The molecule has 0 saturated carbocycles. The van der Waals surface area contributed by atoms with Crippen LogP contribution in [-0.4, -0.2) is 64.1 Å². The van der Waals surface area contributed by atoms with Gasteiger partial charge in [-0.1, -0.05) is 17.7 Å². The number of hydrogen-bond acceptors (Lipinski definition) is 7. The van der Waals surface area contributed by atoms with Gasteiger partial charge in [0, 0.05) is 38.9 Å². The van der Waals surface area contributed by atoms with Crippen LogP contribution in [0.4, 0.5) is 10.3 Å². The molecule has 3 aromatic rings. The molecule has 1 aliphatic heterocycles. The van der Waals surface area contributed by atoms with Gasteiger partial charge >= 0.3 is 0 Å². The molecule has 0 aliphatic carbocycles. The van der Waals surface area contributed by atoms with Crippen LogP contribution in [0.2, 0.25) is 0 Å². The van der Waals surface area contributed by atoms with Gasteiger partial charge in [-0.2, -0.15) is 4.98 Å². The van der Waals surface area contributed by atoms with E-state index in [1.165, 1.54) is 19.2 Å². The first-order valence-corrected chi connectivity index (χ1v) is 11.9. The fourth-order valence-electron chi connectivity index (χ4n) is 3.59. The highest BCUT2D eigenvalue weighted by Gasteiger charge is 2.33. The number of ether oxygens (including phenoxy) is 1. The smallest absolute Gasteiger partial charge is 0.248 e. The molecule has 8 nitrogen and oxygen atoms in total. The van der Waals surface area contributed by atoms with Gasteiger partial charge in [0.1, 0.15) is 12.4 Å². The maximum Gasteiger partial charge on any atom is 0.248 e. The van der Waals surface area contributed by atoms with E-state index in [2.05, 4.69) is 4.98 Å². The van der Waals surface area contributed by atoms with E-state index in [1.54, 1.807) is 21.9 Å². The van der Waals surface area contributed by atoms with Crippen molar-refractivity contribution in [3.05, 3.63) is 59.9 Å². The molecular weight excluding hydrogens is 449 g/mol. The molecule has 0 unspecified atom stereocenters. The molecule has 0 atom stereocenters. The summed E-state index contributed by atoms with van der Waals surface area (Å²) in [5.74, 6) is -0.391. The number of aromatic nitrogens is 1. The second-order valence-electron chi connectivity index (χ2n) is 7.75. The van der Waals surface area contributed by atoms with E-state index in [9.17, 15) is 17.6 Å². The third kappa shape index (κ3) is 4.76. The maximum atomic E-state index is 13.4. The molecule has 2 heterocycles. The van der Waals surface area contributed by atoms with E-state index in [1.807, 2.05) is 19.1 Å². The summed E-state index contributed by atoms with van der Waals surface area (Å²) in [6.45, 7) is 3.44. The standard InChI is InChI=1S/C23H24FN3O5S/c1-16-3-5-17(6-4-16)21-25-22(33(29,30)19-9-7-18(24)8-10-19)23(32-21)27-13-11-26(12-14-27)20(28)15-31-2/h3-10H,11-15H2,1-2H3. The topological polar surface area (TPSA) is 92.9 Å². The number of carbonyl (C=O) groups is 1. The van der Waals surface area contributed by atoms with Gasteiger partial charge in [-0.3, -0.25) is 4.79 Å². The third-order valence-electron chi connectivity index (χ3n) is 5.44. The van der Waals surface area contributed by atoms with Gasteiger partial charge < -0.3 is 19.0 Å². The quantitative estimate of drug-likeness (QED) is 0.508. The first kappa shape index (κ1) is 22.9. The number of oxazole rings is 1. The Balaban J connectivity index is 1.72. The number of benzene rings is 2. The summed E-state index contributed by atoms with van der Waals surface area (Å²) in [5.41, 5.74) is 1.68. The average Bonchev–Trinajstić information content (AvgIpc) is 3.26. The Labute approximate surface area is 191 Å². The fraction of sp³-hybridized carbons (Fsp3) is 0.304. The number of aryl methyl sites for hydroxylation is 1. The van der Waals surface area contributed by atoms with Crippen molar-refractivity contribution in [2.24, 2.45) is 0 Å². The van der Waals surface area contributed by atoms with Crippen molar-refractivity contribution >= 4 is 21.6 Å². The lowest BCUT2D eigenvalue weighted by Gasteiger charge is -2.34. The zero-order valence-electron chi connectivity index (χ0n) is 18.3. The number of halogens is 1. The Morgan fingerprint density at radius 3 is 2.30 bits per heavy atom. The number of sulfone groups is 1. The highest BCUT2D eigenvalue weighted by Crippen LogP contribution is 2.35. The van der Waals surface area contributed by atoms with Crippen molar-refractivity contribution < 1.29 is 26.8 Å². The van der Waals surface area contributed by atoms with Gasteiger partial charge in [-0.05, 0) is 43.3 Å². The number of amides is 1. The molecule has 4 rings (SSSR count). The molecule has 2 aromatic carbocycles. The van der Waals surface area contributed by atoms with E-state index in [0.717, 1.165) is 17.7 Å². The number of methoxy groups -OCH3 is 1. The molecule has 0 radical (unpaired) electrons. The molecule has 1 fully saturated rings. The highest BCUT2D eigenvalue weighted by atomic mass is 32.2. The summed E-state index contributed by atoms with van der Waals surface area (Å²) in [6.07, 6.45) is 0. The lowest BCUT2D eigenvalue weighted by atomic mass is 10.1. The first-order chi connectivity index (χ1) is 15.8. The van der Waals surface area contributed by atoms with Crippen LogP contribution in [0.15, 0.2) is 62.9 Å². The Kier molecular flexibility index (Phi) is 6.48. The maximum absolute atomic E-state index is 13.4. The van der Waals surface area contributed by atoms with Crippen molar-refractivity contribution in [3.8, 4) is 11.5 Å². The number of rotatable bonds is 6. The minimum absolute atomic E-state index is 0.00985. The van der Waals surface area contributed by atoms with Crippen molar-refractivity contribution in [1.82, 2.24) is 9.88 Å². The number of carbonyl (C=O) groups excluding carboxylic acids is 1. The minimum Gasteiger partial charge on any atom is -0.419 e. The zero-order chi connectivity index (χ0) is 23.6. The molecule has 1 aromatic heterocycles. The van der Waals surface area contributed by atoms with Crippen LogP contribution in [0.5, 0.6) is 0 Å². The second-order valence-corrected chi connectivity index (χ2v) is 9.62. The Hall–Kier alpha value is -3.24. The van der Waals surface area contributed by atoms with Gasteiger partial charge in [0.15, 0.2) is 0 Å². The van der Waals surface area contributed by atoms with Crippen LogP contribution in [-0.2, 0) is 19.4 Å². The lowest BCUT2D eigenvalue weighted by Crippen LogP contribution is -2.49. The molecular formula is C23H24FN3O5S. The van der Waals surface area contributed by atoms with Crippen LogP contribution in [0.3, 0.4) is 0 Å². The highest BCUT2D eigenvalue weighted by molar-refractivity contribution is 7.91. The average molecular weight is 474 g/mol. The fourth-order valence-corrected chi connectivity index (χ4v) is 4.91. The summed E-state index contributed by atoms with van der Waals surface area (Å²) in [5, 5.41) is -0.235. The van der Waals surface area contributed by atoms with Crippen LogP contribution in [0, 0.1) is 12.7 Å². The summed E-state index contributed by atoms with van der Waals surface area (Å²) in [4.78, 5) is 19.8. The molecule has 1 saturated heterocycles. The zero-order valence-corrected chi connectivity index (χ0v) is 19.1. The van der Waals surface area contributed by atoms with Gasteiger partial charge in [-0.25, -0.2) is 12.8 Å². The van der Waals surface area contributed by atoms with E-state index in [4.69, 9.17) is 9.15 Å². The Morgan fingerprint density at radius 2 is 1.70 bits per heavy atom. The van der Waals surface area contributed by atoms with Gasteiger partial charge in [-0.15, -0.1) is 0 Å². The van der Waals surface area contributed by atoms with Crippen molar-refractivity contribution in [2.45, 2.75) is 16.8 Å². The van der Waals surface area contributed by atoms with Gasteiger partial charge in [0.2, 0.25) is 32.5 Å². The van der Waals surface area contributed by atoms with E-state index >= 15 is 0 Å². The first-order valence-electron chi connectivity index (χ1n) is 10.4. The second kappa shape index (κ2) is 9.32. The van der Waals surface area contributed by atoms with E-state index < -0.39 is 15.7 Å². The van der Waals surface area contributed by atoms with Crippen LogP contribution >= 0.6 is 0 Å². The molecule has 1 amide bonds. The monoisotopic (exact) mass is 473 g/mol. The largest absolute Gasteiger partial charge is 0.419 e. The predicted octanol–water partition coefficient (Wildman–Crippen LogP) is 2.92. The van der Waals surface area contributed by atoms with Crippen molar-refractivity contribution in [1.29, 1.82) is 0 Å². The van der Waals surface area contributed by atoms with Gasteiger partial charge in [0.25, 0.3) is 0 Å². The Morgan fingerprint density at radius 1 is 1.06 bits per heavy atom. The van der Waals surface area contributed by atoms with E-state index in [0.29, 0.717) is 31.7 Å². The summed E-state index contributed by atoms with van der Waals surface area (Å²) in [7, 11) is -2.62. The van der Waals surface area contributed by atoms with Gasteiger partial charge in [0.05, 0.1) is 4.90 Å². The molecule has 1 aliphatic rings. The number of anilines is 1. The lowest BCUT2D eigenvalue weighted by molar-refractivity contribution is -0.135. The SMILES string of the molecule is COCC(=O)N1CCN(c2oc(-c3ccc(C)cc3)nc2S(=O)(=O)c2ccc(F)cc2)CC1. The summed E-state index contributed by atoms with van der Waals surface area (Å²) >= 11 is 0. The summed E-state index contributed by atoms with van der Waals surface area (Å²) < 4.78 is 51.1. The normalized spacial score (nSPS) is 14.5. The van der Waals surface area contributed by atoms with Crippen LogP contribution < -0.4 is 4.90 Å². The summed E-state index contributed by atoms with van der Waals surface area (Å²) in [6, 6.07) is 12.0. The minimum atomic E-state index is -4.08. The van der Waals surface area contributed by atoms with Crippen molar-refractivity contribution in [3.63, 3.8) is 0 Å². The number of hydrogen-bond donors (Lipinski definition) is 0. The van der Waals surface area contributed by atoms with Crippen LogP contribution in [0.25, 0.3) is 11.5 Å². The molecule has 10 heteroatoms. The molecule has 0 bridgehead atoms. The molecule has 174 valence electrons. The van der Waals surface area contributed by atoms with Crippen molar-refractivity contribution in [2.75, 3.05) is 44.8 Å². The number of nitrogens with zero attached hydrogens (tertiary/aromatic N) is 3. The van der Waals surface area contributed by atoms with E-state index in [-0.39, 0.29) is 34.2 Å². The molecule has 0 N–H and O–H groups in total. The predicted molar refractivity (Wildman–Crippen MR) is 119 cm³/mol.